The van der Waals surface area contributed by atoms with Crippen molar-refractivity contribution in [2.75, 3.05) is 26.2 Å². The Hall–Kier alpha value is -0.780. The van der Waals surface area contributed by atoms with E-state index in [1.54, 1.807) is 24.3 Å². The molecule has 1 saturated heterocycles. The fourth-order valence-corrected chi connectivity index (χ4v) is 2.61. The van der Waals surface area contributed by atoms with Gasteiger partial charge in [0, 0.05) is 26.2 Å². The molecule has 0 unspecified atom stereocenters. The van der Waals surface area contributed by atoms with Gasteiger partial charge in [0.15, 0.2) is 0 Å². The van der Waals surface area contributed by atoms with Crippen LogP contribution in [0.4, 0.5) is 13.2 Å². The molecule has 0 amide bonds. The number of benzene rings is 1. The van der Waals surface area contributed by atoms with E-state index in [9.17, 15) is 13.2 Å². The second-order valence-corrected chi connectivity index (χ2v) is 5.55. The molecular weight excluding hydrogens is 301 g/mol. The van der Waals surface area contributed by atoms with Gasteiger partial charge >= 0.3 is 6.18 Å². The molecule has 1 atom stereocenters. The quantitative estimate of drug-likeness (QED) is 0.912. The fraction of sp³-hybridized carbons (Fsp3) is 0.600. The molecule has 6 heteroatoms. The van der Waals surface area contributed by atoms with Gasteiger partial charge in [0.05, 0.1) is 0 Å². The molecule has 1 aromatic carbocycles. The molecule has 21 heavy (non-hydrogen) atoms. The van der Waals surface area contributed by atoms with E-state index < -0.39 is 12.2 Å². The number of nitrogens with zero attached hydrogens (tertiary/aromatic N) is 1. The minimum atomic E-state index is -4.24. The normalized spacial score (nSPS) is 18.4. The van der Waals surface area contributed by atoms with Crippen molar-refractivity contribution in [2.45, 2.75) is 32.0 Å². The number of rotatable bonds is 3. The van der Waals surface area contributed by atoms with Crippen LogP contribution in [-0.4, -0.2) is 37.3 Å². The lowest BCUT2D eigenvalue weighted by atomic mass is 9.98. The zero-order valence-electron chi connectivity index (χ0n) is 12.3. The highest BCUT2D eigenvalue weighted by molar-refractivity contribution is 5.85. The number of piperazine rings is 1. The molecule has 0 radical (unpaired) electrons. The minimum absolute atomic E-state index is 0. The van der Waals surface area contributed by atoms with Gasteiger partial charge in [0.25, 0.3) is 0 Å². The van der Waals surface area contributed by atoms with Gasteiger partial charge in [-0.2, -0.15) is 13.2 Å². The van der Waals surface area contributed by atoms with Gasteiger partial charge in [-0.15, -0.1) is 12.4 Å². The van der Waals surface area contributed by atoms with Gasteiger partial charge in [-0.25, -0.2) is 0 Å². The zero-order valence-corrected chi connectivity index (χ0v) is 13.1. The second-order valence-electron chi connectivity index (χ2n) is 5.55. The maximum atomic E-state index is 13.4. The molecule has 0 aromatic heterocycles. The molecule has 2 rings (SSSR count). The fourth-order valence-electron chi connectivity index (χ4n) is 2.61. The summed E-state index contributed by atoms with van der Waals surface area (Å²) in [5.74, 6) is 0.326. The van der Waals surface area contributed by atoms with Crippen molar-refractivity contribution in [3.8, 4) is 0 Å². The number of hydrogen-bond acceptors (Lipinski definition) is 2. The summed E-state index contributed by atoms with van der Waals surface area (Å²) in [6, 6.07) is 5.36. The van der Waals surface area contributed by atoms with Crippen molar-refractivity contribution in [1.29, 1.82) is 0 Å². The molecule has 120 valence electrons. The van der Waals surface area contributed by atoms with E-state index in [-0.39, 0.29) is 12.4 Å². The molecule has 0 bridgehead atoms. The summed E-state index contributed by atoms with van der Waals surface area (Å²) < 4.78 is 40.2. The van der Waals surface area contributed by atoms with Crippen molar-refractivity contribution in [2.24, 2.45) is 0 Å². The standard InChI is InChI=1S/C15H21F3N2.ClH/c1-11(2)12-3-5-13(6-4-12)14(15(16,17)18)20-9-7-19-8-10-20;/h3-6,11,14,19H,7-10H2,1-2H3;1H/t14-;/m1./s1. The van der Waals surface area contributed by atoms with Crippen LogP contribution in [0.1, 0.15) is 36.9 Å². The molecule has 0 spiro atoms. The average molecular weight is 323 g/mol. The summed E-state index contributed by atoms with van der Waals surface area (Å²) in [6.45, 7) is 6.14. The van der Waals surface area contributed by atoms with Crippen LogP contribution < -0.4 is 5.32 Å². The molecular formula is C15H22ClF3N2. The Morgan fingerprint density at radius 1 is 1.00 bits per heavy atom. The number of alkyl halides is 3. The maximum Gasteiger partial charge on any atom is 0.408 e. The summed E-state index contributed by atoms with van der Waals surface area (Å²) in [5.41, 5.74) is 1.40. The van der Waals surface area contributed by atoms with E-state index >= 15 is 0 Å². The molecule has 0 saturated carbocycles. The van der Waals surface area contributed by atoms with Gasteiger partial charge in [0.2, 0.25) is 0 Å². The van der Waals surface area contributed by atoms with E-state index in [0.717, 1.165) is 5.56 Å². The highest BCUT2D eigenvalue weighted by atomic mass is 35.5. The van der Waals surface area contributed by atoms with Crippen LogP contribution >= 0.6 is 12.4 Å². The Morgan fingerprint density at radius 2 is 1.48 bits per heavy atom. The van der Waals surface area contributed by atoms with E-state index in [4.69, 9.17) is 0 Å². The third-order valence-corrected chi connectivity index (χ3v) is 3.75. The Balaban J connectivity index is 0.00000220. The average Bonchev–Trinajstić information content (AvgIpc) is 2.39. The van der Waals surface area contributed by atoms with E-state index in [2.05, 4.69) is 5.32 Å². The number of nitrogens with one attached hydrogen (secondary N) is 1. The van der Waals surface area contributed by atoms with E-state index in [1.165, 1.54) is 4.90 Å². The molecule has 1 aromatic rings. The van der Waals surface area contributed by atoms with Gasteiger partial charge in [-0.05, 0) is 17.0 Å². The smallest absolute Gasteiger partial charge is 0.314 e. The Kier molecular flexibility index (Phi) is 6.50. The Morgan fingerprint density at radius 3 is 1.90 bits per heavy atom. The third-order valence-electron chi connectivity index (χ3n) is 3.75. The third kappa shape index (κ3) is 4.59. The van der Waals surface area contributed by atoms with Crippen LogP contribution in [0.2, 0.25) is 0 Å². The Labute approximate surface area is 130 Å². The van der Waals surface area contributed by atoms with Crippen LogP contribution in [0, 0.1) is 0 Å². The Bertz CT molecular complexity index is 426. The lowest BCUT2D eigenvalue weighted by molar-refractivity contribution is -0.187. The summed E-state index contributed by atoms with van der Waals surface area (Å²) in [4.78, 5) is 1.51. The predicted octanol–water partition coefficient (Wildman–Crippen LogP) is 3.74. The number of halogens is 4. The zero-order chi connectivity index (χ0) is 14.8. The first-order chi connectivity index (χ1) is 9.39. The summed E-state index contributed by atoms with van der Waals surface area (Å²) in [6.07, 6.45) is -4.24. The van der Waals surface area contributed by atoms with Gasteiger partial charge < -0.3 is 5.32 Å². The summed E-state index contributed by atoms with van der Waals surface area (Å²) in [7, 11) is 0. The monoisotopic (exact) mass is 322 g/mol. The van der Waals surface area contributed by atoms with Crippen molar-refractivity contribution in [3.63, 3.8) is 0 Å². The van der Waals surface area contributed by atoms with Crippen LogP contribution in [-0.2, 0) is 0 Å². The first kappa shape index (κ1) is 18.3. The summed E-state index contributed by atoms with van der Waals surface area (Å²) >= 11 is 0. The molecule has 1 N–H and O–H groups in total. The molecule has 1 heterocycles. The molecule has 1 aliphatic rings. The highest BCUT2D eigenvalue weighted by Gasteiger charge is 2.44. The minimum Gasteiger partial charge on any atom is -0.314 e. The lowest BCUT2D eigenvalue weighted by Crippen LogP contribution is -2.49. The SMILES string of the molecule is CC(C)c1ccc([C@@H](N2CCNCC2)C(F)(F)F)cc1.Cl. The van der Waals surface area contributed by atoms with E-state index in [0.29, 0.717) is 37.7 Å². The van der Waals surface area contributed by atoms with Crippen LogP contribution in [0.5, 0.6) is 0 Å². The van der Waals surface area contributed by atoms with Gasteiger partial charge in [-0.1, -0.05) is 38.1 Å². The first-order valence-corrected chi connectivity index (χ1v) is 7.01. The summed E-state index contributed by atoms with van der Waals surface area (Å²) in [5, 5.41) is 3.09. The van der Waals surface area contributed by atoms with Crippen LogP contribution in [0.3, 0.4) is 0 Å². The highest BCUT2D eigenvalue weighted by Crippen LogP contribution is 2.38. The largest absolute Gasteiger partial charge is 0.408 e. The van der Waals surface area contributed by atoms with E-state index in [1.807, 2.05) is 13.8 Å². The second kappa shape index (κ2) is 7.47. The predicted molar refractivity (Wildman–Crippen MR) is 81.0 cm³/mol. The molecule has 1 fully saturated rings. The molecule has 2 nitrogen and oxygen atoms in total. The van der Waals surface area contributed by atoms with Crippen molar-refractivity contribution < 1.29 is 13.2 Å². The van der Waals surface area contributed by atoms with Crippen LogP contribution in [0.25, 0.3) is 0 Å². The maximum absolute atomic E-state index is 13.4. The molecule has 1 aliphatic heterocycles. The van der Waals surface area contributed by atoms with Crippen molar-refractivity contribution >= 4 is 12.4 Å². The van der Waals surface area contributed by atoms with Crippen LogP contribution in [0.15, 0.2) is 24.3 Å². The van der Waals surface area contributed by atoms with Crippen molar-refractivity contribution in [3.05, 3.63) is 35.4 Å². The first-order valence-electron chi connectivity index (χ1n) is 7.01. The topological polar surface area (TPSA) is 15.3 Å². The van der Waals surface area contributed by atoms with Gasteiger partial charge in [0.1, 0.15) is 6.04 Å². The number of hydrogen-bond donors (Lipinski definition) is 1. The van der Waals surface area contributed by atoms with Gasteiger partial charge in [-0.3, -0.25) is 4.90 Å². The molecule has 0 aliphatic carbocycles. The lowest BCUT2D eigenvalue weighted by Gasteiger charge is -2.36. The van der Waals surface area contributed by atoms with Crippen molar-refractivity contribution in [1.82, 2.24) is 10.2 Å².